The molecule has 0 amide bonds. The van der Waals surface area contributed by atoms with E-state index in [1.165, 1.54) is 0 Å². The van der Waals surface area contributed by atoms with E-state index < -0.39 is 0 Å². The lowest BCUT2D eigenvalue weighted by atomic mass is 10.3. The predicted molar refractivity (Wildman–Crippen MR) is 114 cm³/mol. The molecule has 0 saturated carbocycles. The quantitative estimate of drug-likeness (QED) is 0.461. The van der Waals surface area contributed by atoms with Crippen LogP contribution < -0.4 is 10.6 Å². The molecule has 3 aromatic heterocycles. The Morgan fingerprint density at radius 2 is 1.45 bits per heavy atom. The lowest BCUT2D eigenvalue weighted by molar-refractivity contribution is 1.06. The van der Waals surface area contributed by atoms with Gasteiger partial charge in [0.05, 0.1) is 0 Å². The van der Waals surface area contributed by atoms with E-state index in [0.29, 0.717) is 28.7 Å². The van der Waals surface area contributed by atoms with Gasteiger partial charge >= 0.3 is 0 Å². The van der Waals surface area contributed by atoms with E-state index in [-0.39, 0.29) is 0 Å². The molecule has 2 N–H and O–H groups in total. The van der Waals surface area contributed by atoms with Crippen molar-refractivity contribution in [2.24, 2.45) is 0 Å². The summed E-state index contributed by atoms with van der Waals surface area (Å²) in [6.45, 7) is 0. The van der Waals surface area contributed by atoms with Crippen LogP contribution in [0.1, 0.15) is 0 Å². The number of benzene rings is 2. The molecule has 2 aromatic carbocycles. The van der Waals surface area contributed by atoms with Crippen LogP contribution in [0.5, 0.6) is 0 Å². The Balaban J connectivity index is 1.64. The second-order valence-electron chi connectivity index (χ2n) is 6.35. The number of fused-ring (bicyclic) bond motifs is 1. The summed E-state index contributed by atoms with van der Waals surface area (Å²) in [6.07, 6.45) is 3.48. The van der Waals surface area contributed by atoms with Crippen molar-refractivity contribution < 1.29 is 0 Å². The molecule has 0 spiro atoms. The van der Waals surface area contributed by atoms with Crippen molar-refractivity contribution in [2.75, 3.05) is 10.6 Å². The summed E-state index contributed by atoms with van der Waals surface area (Å²) < 4.78 is 1.94. The minimum Gasteiger partial charge on any atom is -0.338 e. The average Bonchev–Trinajstić information content (AvgIpc) is 3.20. The van der Waals surface area contributed by atoms with Crippen LogP contribution in [0.3, 0.4) is 0 Å². The van der Waals surface area contributed by atoms with E-state index in [0.717, 1.165) is 11.4 Å². The molecular formula is C22H17N7. The summed E-state index contributed by atoms with van der Waals surface area (Å²) in [5.41, 5.74) is 3.28. The Morgan fingerprint density at radius 1 is 0.690 bits per heavy atom. The van der Waals surface area contributed by atoms with Gasteiger partial charge in [-0.2, -0.15) is 9.97 Å². The van der Waals surface area contributed by atoms with Crippen LogP contribution in [-0.4, -0.2) is 24.5 Å². The summed E-state index contributed by atoms with van der Waals surface area (Å²) in [5.74, 6) is 1.73. The van der Waals surface area contributed by atoms with Crippen molar-refractivity contribution in [1.29, 1.82) is 0 Å². The number of rotatable bonds is 5. The minimum absolute atomic E-state index is 0.437. The highest BCUT2D eigenvalue weighted by Crippen LogP contribution is 2.26. The fourth-order valence-electron chi connectivity index (χ4n) is 3.03. The fourth-order valence-corrected chi connectivity index (χ4v) is 3.03. The van der Waals surface area contributed by atoms with Gasteiger partial charge in [0.2, 0.25) is 5.95 Å². The number of hydrogen-bond donors (Lipinski definition) is 2. The van der Waals surface area contributed by atoms with Crippen LogP contribution in [0.2, 0.25) is 0 Å². The number of nitrogens with zero attached hydrogens (tertiary/aromatic N) is 5. The molecule has 29 heavy (non-hydrogen) atoms. The van der Waals surface area contributed by atoms with Gasteiger partial charge in [-0.3, -0.25) is 4.57 Å². The van der Waals surface area contributed by atoms with Gasteiger partial charge in [0.15, 0.2) is 17.0 Å². The van der Waals surface area contributed by atoms with Gasteiger partial charge in [-0.25, -0.2) is 9.97 Å². The van der Waals surface area contributed by atoms with E-state index in [2.05, 4.69) is 25.6 Å². The lowest BCUT2D eigenvalue weighted by Crippen LogP contribution is -2.04. The third-order valence-corrected chi connectivity index (χ3v) is 4.37. The van der Waals surface area contributed by atoms with Crippen LogP contribution in [0.15, 0.2) is 91.4 Å². The maximum absolute atomic E-state index is 4.71. The molecule has 0 fully saturated rings. The molecule has 0 aliphatic heterocycles. The second-order valence-corrected chi connectivity index (χ2v) is 6.35. The topological polar surface area (TPSA) is 80.6 Å². The van der Waals surface area contributed by atoms with E-state index in [9.17, 15) is 0 Å². The SMILES string of the molecule is c1ccc(Nc2nc(Nc3ccccn3)nc3c2ncn3-c2ccccc2)cc1. The summed E-state index contributed by atoms with van der Waals surface area (Å²) in [6, 6.07) is 25.5. The lowest BCUT2D eigenvalue weighted by Gasteiger charge is -2.10. The van der Waals surface area contributed by atoms with E-state index in [4.69, 9.17) is 4.98 Å². The average molecular weight is 379 g/mol. The minimum atomic E-state index is 0.437. The third-order valence-electron chi connectivity index (χ3n) is 4.37. The predicted octanol–water partition coefficient (Wildman–Crippen LogP) is 4.70. The normalized spacial score (nSPS) is 10.8. The smallest absolute Gasteiger partial charge is 0.232 e. The molecule has 0 aliphatic rings. The maximum Gasteiger partial charge on any atom is 0.232 e. The number of imidazole rings is 1. The Labute approximate surface area is 167 Å². The molecule has 5 aromatic rings. The van der Waals surface area contributed by atoms with Crippen molar-refractivity contribution in [2.45, 2.75) is 0 Å². The molecule has 0 radical (unpaired) electrons. The molecule has 0 unspecified atom stereocenters. The molecular weight excluding hydrogens is 362 g/mol. The first-order valence-electron chi connectivity index (χ1n) is 9.17. The van der Waals surface area contributed by atoms with Crippen LogP contribution in [0, 0.1) is 0 Å². The third kappa shape index (κ3) is 3.49. The van der Waals surface area contributed by atoms with E-state index in [1.54, 1.807) is 12.5 Å². The summed E-state index contributed by atoms with van der Waals surface area (Å²) >= 11 is 0. The summed E-state index contributed by atoms with van der Waals surface area (Å²) in [7, 11) is 0. The highest BCUT2D eigenvalue weighted by atomic mass is 15.2. The monoisotopic (exact) mass is 379 g/mol. The van der Waals surface area contributed by atoms with E-state index >= 15 is 0 Å². The van der Waals surface area contributed by atoms with Gasteiger partial charge in [0.25, 0.3) is 0 Å². The summed E-state index contributed by atoms with van der Waals surface area (Å²) in [4.78, 5) is 18.2. The van der Waals surface area contributed by atoms with Gasteiger partial charge in [-0.05, 0) is 36.4 Å². The number of anilines is 4. The van der Waals surface area contributed by atoms with Crippen molar-refractivity contribution in [1.82, 2.24) is 24.5 Å². The van der Waals surface area contributed by atoms with Gasteiger partial charge in [-0.1, -0.05) is 42.5 Å². The van der Waals surface area contributed by atoms with Gasteiger partial charge in [0, 0.05) is 17.6 Å². The first-order valence-corrected chi connectivity index (χ1v) is 9.17. The van der Waals surface area contributed by atoms with Crippen molar-refractivity contribution >= 4 is 34.4 Å². The number of hydrogen-bond acceptors (Lipinski definition) is 6. The molecule has 3 heterocycles. The van der Waals surface area contributed by atoms with Crippen molar-refractivity contribution in [3.05, 3.63) is 91.4 Å². The second kappa shape index (κ2) is 7.40. The first-order chi connectivity index (χ1) is 14.4. The van der Waals surface area contributed by atoms with Crippen molar-refractivity contribution in [3.63, 3.8) is 0 Å². The Hall–Kier alpha value is -4.26. The fraction of sp³-hybridized carbons (Fsp3) is 0. The van der Waals surface area contributed by atoms with Crippen LogP contribution in [-0.2, 0) is 0 Å². The number of pyridine rings is 1. The Morgan fingerprint density at radius 3 is 2.21 bits per heavy atom. The van der Waals surface area contributed by atoms with E-state index in [1.807, 2.05) is 83.4 Å². The first kappa shape index (κ1) is 16.9. The van der Waals surface area contributed by atoms with Crippen LogP contribution in [0.4, 0.5) is 23.3 Å². The molecule has 140 valence electrons. The maximum atomic E-state index is 4.71. The highest BCUT2D eigenvalue weighted by Gasteiger charge is 2.15. The number of aromatic nitrogens is 5. The van der Waals surface area contributed by atoms with Gasteiger partial charge < -0.3 is 10.6 Å². The largest absolute Gasteiger partial charge is 0.338 e. The Kier molecular flexibility index (Phi) is 4.31. The zero-order valence-corrected chi connectivity index (χ0v) is 15.4. The zero-order chi connectivity index (χ0) is 19.5. The highest BCUT2D eigenvalue weighted by molar-refractivity contribution is 5.87. The molecule has 0 bridgehead atoms. The van der Waals surface area contributed by atoms with Gasteiger partial charge in [-0.15, -0.1) is 0 Å². The molecule has 7 nitrogen and oxygen atoms in total. The molecule has 5 rings (SSSR count). The zero-order valence-electron chi connectivity index (χ0n) is 15.4. The van der Waals surface area contributed by atoms with Crippen LogP contribution >= 0.6 is 0 Å². The molecule has 7 heteroatoms. The molecule has 0 atom stereocenters. The molecule has 0 saturated heterocycles. The van der Waals surface area contributed by atoms with Crippen LogP contribution in [0.25, 0.3) is 16.9 Å². The molecule has 0 aliphatic carbocycles. The Bertz CT molecular complexity index is 1240. The number of para-hydroxylation sites is 2. The number of nitrogens with one attached hydrogen (secondary N) is 2. The van der Waals surface area contributed by atoms with Crippen molar-refractivity contribution in [3.8, 4) is 5.69 Å². The van der Waals surface area contributed by atoms with Gasteiger partial charge in [0.1, 0.15) is 12.1 Å². The standard InChI is InChI=1S/C22H17N7/c1-3-9-16(10-4-1)25-20-19-21(29(15-24-19)17-11-5-2-6-12-17)28-22(27-20)26-18-13-7-8-14-23-18/h1-15H,(H2,23,25,26,27,28). The summed E-state index contributed by atoms with van der Waals surface area (Å²) in [5, 5.41) is 6.53.